The number of aromatic nitrogens is 1. The molecule has 1 aromatic heterocycles. The summed E-state index contributed by atoms with van der Waals surface area (Å²) in [5, 5.41) is 9.39. The molecule has 0 amide bonds. The third-order valence-corrected chi connectivity index (χ3v) is 3.51. The quantitative estimate of drug-likeness (QED) is 0.925. The smallest absolute Gasteiger partial charge is 0.254 e. The average Bonchev–Trinajstić information content (AvgIpc) is 2.28. The second-order valence-corrected chi connectivity index (χ2v) is 5.21. The molecule has 1 unspecified atom stereocenters. The zero-order chi connectivity index (χ0) is 13.3. The molecule has 0 saturated heterocycles. The highest BCUT2D eigenvalue weighted by atomic mass is 79.9. The molecule has 3 nitrogen and oxygen atoms in total. The number of halogens is 1. The van der Waals surface area contributed by atoms with Crippen molar-refractivity contribution >= 4 is 15.9 Å². The van der Waals surface area contributed by atoms with Gasteiger partial charge in [-0.2, -0.15) is 0 Å². The first-order valence-electron chi connectivity index (χ1n) is 5.66. The van der Waals surface area contributed by atoms with Crippen molar-refractivity contribution < 1.29 is 5.11 Å². The van der Waals surface area contributed by atoms with E-state index in [1.165, 1.54) is 6.07 Å². The highest BCUT2D eigenvalue weighted by molar-refractivity contribution is 9.10. The third-order valence-electron chi connectivity index (χ3n) is 2.99. The molecule has 0 aliphatic rings. The summed E-state index contributed by atoms with van der Waals surface area (Å²) < 4.78 is 2.68. The van der Waals surface area contributed by atoms with Gasteiger partial charge in [-0.25, -0.2) is 0 Å². The average molecular weight is 308 g/mol. The summed E-state index contributed by atoms with van der Waals surface area (Å²) in [6.07, 6.45) is 0. The van der Waals surface area contributed by atoms with Gasteiger partial charge in [-0.05, 0) is 37.6 Å². The highest BCUT2D eigenvalue weighted by Gasteiger charge is 2.12. The molecule has 0 bridgehead atoms. The lowest BCUT2D eigenvalue weighted by atomic mass is 10.1. The summed E-state index contributed by atoms with van der Waals surface area (Å²) in [4.78, 5) is 11.9. The minimum absolute atomic E-state index is 0.0109. The molecule has 1 heterocycles. The van der Waals surface area contributed by atoms with Gasteiger partial charge in [0.05, 0.1) is 6.04 Å². The Hall–Kier alpha value is -1.55. The van der Waals surface area contributed by atoms with Crippen molar-refractivity contribution in [3.8, 4) is 5.75 Å². The van der Waals surface area contributed by atoms with E-state index >= 15 is 0 Å². The van der Waals surface area contributed by atoms with Crippen molar-refractivity contribution in [3.63, 3.8) is 0 Å². The summed E-state index contributed by atoms with van der Waals surface area (Å²) in [6, 6.07) is 10.6. The molecule has 0 radical (unpaired) electrons. The van der Waals surface area contributed by atoms with Crippen molar-refractivity contribution in [1.29, 1.82) is 0 Å². The minimum Gasteiger partial charge on any atom is -0.508 e. The number of aryl methyl sites for hydroxylation is 1. The molecule has 2 rings (SSSR count). The second kappa shape index (κ2) is 4.98. The first-order valence-corrected chi connectivity index (χ1v) is 6.46. The Morgan fingerprint density at radius 1 is 1.22 bits per heavy atom. The van der Waals surface area contributed by atoms with Gasteiger partial charge in [-0.1, -0.05) is 28.1 Å². The van der Waals surface area contributed by atoms with Gasteiger partial charge in [0.1, 0.15) is 5.75 Å². The lowest BCUT2D eigenvalue weighted by molar-refractivity contribution is 0.467. The fraction of sp³-hybridized carbons (Fsp3) is 0.214. The molecule has 0 aliphatic heterocycles. The van der Waals surface area contributed by atoms with Gasteiger partial charge in [0.25, 0.3) is 5.56 Å². The van der Waals surface area contributed by atoms with Crippen molar-refractivity contribution in [2.75, 3.05) is 0 Å². The summed E-state index contributed by atoms with van der Waals surface area (Å²) in [5.74, 6) is 0.0109. The predicted molar refractivity (Wildman–Crippen MR) is 75.1 cm³/mol. The van der Waals surface area contributed by atoms with Gasteiger partial charge in [-0.15, -0.1) is 0 Å². The maximum atomic E-state index is 11.9. The topological polar surface area (TPSA) is 42.2 Å². The van der Waals surface area contributed by atoms with Gasteiger partial charge >= 0.3 is 0 Å². The van der Waals surface area contributed by atoms with Crippen LogP contribution in [0.5, 0.6) is 5.75 Å². The van der Waals surface area contributed by atoms with Crippen LogP contribution in [-0.2, 0) is 0 Å². The first-order chi connectivity index (χ1) is 8.49. The van der Waals surface area contributed by atoms with Gasteiger partial charge in [-0.3, -0.25) is 4.79 Å². The number of pyridine rings is 1. The molecular weight excluding hydrogens is 294 g/mol. The normalized spacial score (nSPS) is 12.4. The lowest BCUT2D eigenvalue weighted by Crippen LogP contribution is -2.25. The van der Waals surface area contributed by atoms with Crippen LogP contribution in [0.25, 0.3) is 0 Å². The van der Waals surface area contributed by atoms with E-state index in [-0.39, 0.29) is 17.4 Å². The van der Waals surface area contributed by atoms with Gasteiger partial charge in [0, 0.05) is 16.2 Å². The van der Waals surface area contributed by atoms with Crippen molar-refractivity contribution in [3.05, 3.63) is 62.5 Å². The standard InChI is InChI=1S/C14H14BrNO2/c1-9-7-13(17)8-14(18)16(9)10(2)11-3-5-12(15)6-4-11/h3-8,10,17H,1-2H3. The van der Waals surface area contributed by atoms with Crippen molar-refractivity contribution in [2.45, 2.75) is 19.9 Å². The van der Waals surface area contributed by atoms with Crippen LogP contribution < -0.4 is 5.56 Å². The second-order valence-electron chi connectivity index (χ2n) is 4.29. The third kappa shape index (κ3) is 2.48. The summed E-state index contributed by atoms with van der Waals surface area (Å²) in [5.41, 5.74) is 1.60. The van der Waals surface area contributed by atoms with E-state index in [2.05, 4.69) is 15.9 Å². The zero-order valence-electron chi connectivity index (χ0n) is 10.2. The van der Waals surface area contributed by atoms with Crippen LogP contribution in [0.15, 0.2) is 45.7 Å². The molecule has 0 saturated carbocycles. The summed E-state index contributed by atoms with van der Waals surface area (Å²) in [6.45, 7) is 3.78. The Labute approximate surface area is 114 Å². The maximum absolute atomic E-state index is 11.9. The number of hydrogen-bond acceptors (Lipinski definition) is 2. The molecule has 1 N–H and O–H groups in total. The Morgan fingerprint density at radius 2 is 1.83 bits per heavy atom. The van der Waals surface area contributed by atoms with Gasteiger partial charge < -0.3 is 9.67 Å². The van der Waals surface area contributed by atoms with E-state index < -0.39 is 0 Å². The minimum atomic E-state index is -0.192. The number of benzene rings is 1. The Bertz CT molecular complexity index is 617. The first kappa shape index (κ1) is 12.9. The van der Waals surface area contributed by atoms with E-state index in [1.807, 2.05) is 38.1 Å². The van der Waals surface area contributed by atoms with Crippen LogP contribution in [0, 0.1) is 6.92 Å². The summed E-state index contributed by atoms with van der Waals surface area (Å²) >= 11 is 3.39. The van der Waals surface area contributed by atoms with Crippen LogP contribution in [0.3, 0.4) is 0 Å². The van der Waals surface area contributed by atoms with Crippen molar-refractivity contribution in [1.82, 2.24) is 4.57 Å². The van der Waals surface area contributed by atoms with Crippen molar-refractivity contribution in [2.24, 2.45) is 0 Å². The van der Waals surface area contributed by atoms with E-state index in [9.17, 15) is 9.90 Å². The molecule has 4 heteroatoms. The Kier molecular flexibility index (Phi) is 3.57. The van der Waals surface area contributed by atoms with E-state index in [4.69, 9.17) is 0 Å². The Morgan fingerprint density at radius 3 is 2.39 bits per heavy atom. The van der Waals surface area contributed by atoms with Gasteiger partial charge in [0.2, 0.25) is 0 Å². The molecule has 0 spiro atoms. The van der Waals surface area contributed by atoms with E-state index in [0.29, 0.717) is 0 Å². The van der Waals surface area contributed by atoms with Crippen LogP contribution in [0.2, 0.25) is 0 Å². The maximum Gasteiger partial charge on any atom is 0.254 e. The largest absolute Gasteiger partial charge is 0.508 e. The summed E-state index contributed by atoms with van der Waals surface area (Å²) in [7, 11) is 0. The zero-order valence-corrected chi connectivity index (χ0v) is 11.8. The van der Waals surface area contributed by atoms with E-state index in [0.717, 1.165) is 15.7 Å². The number of hydrogen-bond donors (Lipinski definition) is 1. The molecule has 94 valence electrons. The molecule has 1 atom stereocenters. The Balaban J connectivity index is 2.49. The fourth-order valence-electron chi connectivity index (χ4n) is 2.08. The number of nitrogens with zero attached hydrogens (tertiary/aromatic N) is 1. The van der Waals surface area contributed by atoms with Crippen LogP contribution in [0.4, 0.5) is 0 Å². The van der Waals surface area contributed by atoms with E-state index in [1.54, 1.807) is 10.6 Å². The SMILES string of the molecule is Cc1cc(O)cc(=O)n1C(C)c1ccc(Br)cc1. The molecule has 0 fully saturated rings. The highest BCUT2D eigenvalue weighted by Crippen LogP contribution is 2.21. The van der Waals surface area contributed by atoms with Crippen LogP contribution >= 0.6 is 15.9 Å². The predicted octanol–water partition coefficient (Wildman–Crippen LogP) is 3.23. The van der Waals surface area contributed by atoms with Crippen LogP contribution in [0.1, 0.15) is 24.2 Å². The lowest BCUT2D eigenvalue weighted by Gasteiger charge is -2.18. The molecule has 18 heavy (non-hydrogen) atoms. The van der Waals surface area contributed by atoms with Gasteiger partial charge in [0.15, 0.2) is 0 Å². The fourth-order valence-corrected chi connectivity index (χ4v) is 2.35. The molecule has 2 aromatic rings. The number of aromatic hydroxyl groups is 1. The molecular formula is C14H14BrNO2. The molecule has 0 aliphatic carbocycles. The number of rotatable bonds is 2. The molecule has 1 aromatic carbocycles. The van der Waals surface area contributed by atoms with Crippen LogP contribution in [-0.4, -0.2) is 9.67 Å². The monoisotopic (exact) mass is 307 g/mol.